The van der Waals surface area contributed by atoms with E-state index < -0.39 is 5.54 Å². The summed E-state index contributed by atoms with van der Waals surface area (Å²) in [7, 11) is 5.56. The van der Waals surface area contributed by atoms with Crippen LogP contribution in [0.2, 0.25) is 0 Å². The van der Waals surface area contributed by atoms with Crippen LogP contribution in [0.1, 0.15) is 23.4 Å². The number of likely N-dealkylation sites (N-methyl/N-ethyl adjacent to an activating group) is 1. The highest BCUT2D eigenvalue weighted by molar-refractivity contribution is 7.09. The van der Waals surface area contributed by atoms with Crippen LogP contribution in [0.15, 0.2) is 35.8 Å². The van der Waals surface area contributed by atoms with Crippen molar-refractivity contribution >= 4 is 23.3 Å². The zero-order valence-corrected chi connectivity index (χ0v) is 20.5. The van der Waals surface area contributed by atoms with Crippen molar-refractivity contribution in [3.05, 3.63) is 46.4 Å². The molecule has 0 atom stereocenters. The number of likely N-dealkylation sites (tertiary alicyclic amines) is 1. The van der Waals surface area contributed by atoms with E-state index in [-0.39, 0.29) is 11.9 Å². The Morgan fingerprint density at radius 1 is 1.12 bits per heavy atom. The molecule has 2 aromatic rings. The first-order valence-electron chi connectivity index (χ1n) is 11.4. The quantitative estimate of drug-likeness (QED) is 0.524. The van der Waals surface area contributed by atoms with Crippen molar-refractivity contribution in [3.63, 3.8) is 0 Å². The van der Waals surface area contributed by atoms with Gasteiger partial charge < -0.3 is 14.5 Å². The fourth-order valence-corrected chi connectivity index (χ4v) is 5.37. The third-order valence-electron chi connectivity index (χ3n) is 6.70. The molecule has 9 heteroatoms. The van der Waals surface area contributed by atoms with E-state index in [4.69, 9.17) is 4.74 Å². The minimum Gasteiger partial charge on any atom is -0.497 e. The fourth-order valence-electron chi connectivity index (χ4n) is 4.71. The van der Waals surface area contributed by atoms with E-state index >= 15 is 0 Å². The van der Waals surface area contributed by atoms with E-state index in [1.165, 1.54) is 4.90 Å². The number of thiazole rings is 1. The summed E-state index contributed by atoms with van der Waals surface area (Å²) in [5.74, 6) is 0.781. The minimum absolute atomic E-state index is 0.0296. The van der Waals surface area contributed by atoms with Crippen molar-refractivity contribution in [2.24, 2.45) is 0 Å². The van der Waals surface area contributed by atoms with Gasteiger partial charge in [-0.2, -0.15) is 0 Å². The lowest BCUT2D eigenvalue weighted by atomic mass is 9.85. The van der Waals surface area contributed by atoms with Crippen LogP contribution >= 0.6 is 11.3 Å². The van der Waals surface area contributed by atoms with Gasteiger partial charge in [-0.15, -0.1) is 11.3 Å². The number of hydrogen-bond donors (Lipinski definition) is 0. The van der Waals surface area contributed by atoms with Crippen molar-refractivity contribution in [2.75, 3.05) is 53.9 Å². The highest BCUT2D eigenvalue weighted by atomic mass is 32.1. The number of urea groups is 1. The summed E-state index contributed by atoms with van der Waals surface area (Å²) in [6.45, 7) is 3.97. The van der Waals surface area contributed by atoms with Crippen molar-refractivity contribution in [3.8, 4) is 5.75 Å². The molecule has 2 fully saturated rings. The van der Waals surface area contributed by atoms with Crippen LogP contribution < -0.4 is 4.74 Å². The van der Waals surface area contributed by atoms with Gasteiger partial charge in [-0.1, -0.05) is 12.1 Å². The number of imide groups is 1. The zero-order valence-electron chi connectivity index (χ0n) is 19.7. The second-order valence-corrected chi connectivity index (χ2v) is 10.0. The van der Waals surface area contributed by atoms with Crippen LogP contribution in [0.5, 0.6) is 5.75 Å². The monoisotopic (exact) mass is 471 g/mol. The number of amides is 3. The van der Waals surface area contributed by atoms with Crippen molar-refractivity contribution in [1.29, 1.82) is 0 Å². The maximum atomic E-state index is 13.6. The Morgan fingerprint density at radius 2 is 1.85 bits per heavy atom. The number of methoxy groups -OCH3 is 1. The average molecular weight is 472 g/mol. The van der Waals surface area contributed by atoms with Gasteiger partial charge in [0.1, 0.15) is 16.3 Å². The van der Waals surface area contributed by atoms with Gasteiger partial charge in [-0.3, -0.25) is 14.6 Å². The van der Waals surface area contributed by atoms with Crippen molar-refractivity contribution in [2.45, 2.75) is 31.3 Å². The topological polar surface area (TPSA) is 69.2 Å². The van der Waals surface area contributed by atoms with Crippen molar-refractivity contribution in [1.82, 2.24) is 24.6 Å². The Kier molecular flexibility index (Phi) is 7.31. The van der Waals surface area contributed by atoms with E-state index in [1.54, 1.807) is 18.4 Å². The van der Waals surface area contributed by atoms with Gasteiger partial charge in [0.25, 0.3) is 5.91 Å². The molecule has 4 rings (SSSR count). The SMILES string of the molecule is COc1ccc(CCN2C(=O)N(CCN(C)C)C(=O)C23CCN(Cc2nccs2)CC3)cc1. The molecule has 3 amide bonds. The second-order valence-electron chi connectivity index (χ2n) is 9.03. The molecule has 1 spiro atoms. The molecule has 0 radical (unpaired) electrons. The molecule has 178 valence electrons. The molecule has 3 heterocycles. The third-order valence-corrected chi connectivity index (χ3v) is 7.47. The molecule has 33 heavy (non-hydrogen) atoms. The number of ether oxygens (including phenoxy) is 1. The Labute approximate surface area is 199 Å². The Hall–Kier alpha value is -2.49. The number of hydrogen-bond acceptors (Lipinski definition) is 7. The van der Waals surface area contributed by atoms with E-state index in [0.29, 0.717) is 38.9 Å². The van der Waals surface area contributed by atoms with Crippen molar-refractivity contribution < 1.29 is 14.3 Å². The van der Waals surface area contributed by atoms with Crippen LogP contribution in [0, 0.1) is 0 Å². The van der Waals surface area contributed by atoms with Gasteiger partial charge in [-0.05, 0) is 51.1 Å². The molecule has 2 aliphatic rings. The standard InChI is InChI=1S/C24H33N5O3S/c1-26(2)15-16-28-22(30)24(9-13-27(14-10-24)18-21-25-11-17-33-21)29(23(28)31)12-8-19-4-6-20(32-3)7-5-19/h4-7,11,17H,8-10,12-16,18H2,1-3H3. The number of carbonyl (C=O) groups is 2. The smallest absolute Gasteiger partial charge is 0.327 e. The van der Waals surface area contributed by atoms with Gasteiger partial charge >= 0.3 is 6.03 Å². The summed E-state index contributed by atoms with van der Waals surface area (Å²) < 4.78 is 5.25. The maximum Gasteiger partial charge on any atom is 0.327 e. The molecule has 1 aromatic heterocycles. The maximum absolute atomic E-state index is 13.6. The van der Waals surface area contributed by atoms with Crippen LogP contribution in [0.4, 0.5) is 4.79 Å². The summed E-state index contributed by atoms with van der Waals surface area (Å²) in [6, 6.07) is 7.76. The number of piperidine rings is 1. The Morgan fingerprint density at radius 3 is 2.45 bits per heavy atom. The lowest BCUT2D eigenvalue weighted by Crippen LogP contribution is -2.56. The van der Waals surface area contributed by atoms with E-state index in [2.05, 4.69) is 9.88 Å². The first-order chi connectivity index (χ1) is 15.9. The predicted molar refractivity (Wildman–Crippen MR) is 128 cm³/mol. The normalized spacial score (nSPS) is 18.7. The lowest BCUT2D eigenvalue weighted by Gasteiger charge is -2.42. The van der Waals surface area contributed by atoms with Gasteiger partial charge in [0.2, 0.25) is 0 Å². The number of carbonyl (C=O) groups excluding carboxylic acids is 2. The zero-order chi connectivity index (χ0) is 23.4. The van der Waals surface area contributed by atoms with E-state index in [0.717, 1.165) is 36.0 Å². The van der Waals surface area contributed by atoms with Crippen LogP contribution in [-0.2, 0) is 17.8 Å². The van der Waals surface area contributed by atoms with Crippen LogP contribution in [-0.4, -0.2) is 96.0 Å². The Balaban J connectivity index is 1.49. The largest absolute Gasteiger partial charge is 0.497 e. The first-order valence-corrected chi connectivity index (χ1v) is 12.3. The number of benzene rings is 1. The third kappa shape index (κ3) is 5.05. The molecular formula is C24H33N5O3S. The fraction of sp³-hybridized carbons (Fsp3) is 0.542. The summed E-state index contributed by atoms with van der Waals surface area (Å²) >= 11 is 1.65. The molecule has 0 aliphatic carbocycles. The van der Waals surface area contributed by atoms with Crippen LogP contribution in [0.25, 0.3) is 0 Å². The molecule has 8 nitrogen and oxygen atoms in total. The van der Waals surface area contributed by atoms with E-state index in [1.807, 2.05) is 59.7 Å². The molecule has 0 N–H and O–H groups in total. The highest BCUT2D eigenvalue weighted by Crippen LogP contribution is 2.38. The number of aromatic nitrogens is 1. The highest BCUT2D eigenvalue weighted by Gasteiger charge is 2.57. The van der Waals surface area contributed by atoms with Gasteiger partial charge in [0.05, 0.1) is 13.7 Å². The number of nitrogens with zero attached hydrogens (tertiary/aromatic N) is 5. The second kappa shape index (κ2) is 10.2. The molecule has 2 saturated heterocycles. The molecule has 2 aliphatic heterocycles. The number of rotatable bonds is 9. The summed E-state index contributed by atoms with van der Waals surface area (Å²) in [5.41, 5.74) is 0.383. The molecule has 0 saturated carbocycles. The average Bonchev–Trinajstić information content (AvgIpc) is 3.39. The lowest BCUT2D eigenvalue weighted by molar-refractivity contribution is -0.135. The minimum atomic E-state index is -0.741. The predicted octanol–water partition coefficient (Wildman–Crippen LogP) is 2.55. The van der Waals surface area contributed by atoms with Gasteiger partial charge in [-0.25, -0.2) is 9.78 Å². The summed E-state index contributed by atoms with van der Waals surface area (Å²) in [4.78, 5) is 39.1. The molecule has 1 aromatic carbocycles. The molecule has 0 unspecified atom stereocenters. The Bertz CT molecular complexity index is 940. The first kappa shape index (κ1) is 23.7. The van der Waals surface area contributed by atoms with Gasteiger partial charge in [0, 0.05) is 44.3 Å². The van der Waals surface area contributed by atoms with E-state index in [9.17, 15) is 9.59 Å². The van der Waals surface area contributed by atoms with Gasteiger partial charge in [0.15, 0.2) is 0 Å². The molecule has 0 bridgehead atoms. The summed E-state index contributed by atoms with van der Waals surface area (Å²) in [5, 5.41) is 3.08. The summed E-state index contributed by atoms with van der Waals surface area (Å²) in [6.07, 6.45) is 3.84. The van der Waals surface area contributed by atoms with Crippen LogP contribution in [0.3, 0.4) is 0 Å². The molecular weight excluding hydrogens is 438 g/mol.